The molecule has 144 valence electrons. The molecule has 0 spiro atoms. The molecule has 0 aliphatic rings. The van der Waals surface area contributed by atoms with E-state index in [4.69, 9.17) is 4.74 Å². The monoisotopic (exact) mass is 441 g/mol. The van der Waals surface area contributed by atoms with E-state index in [9.17, 15) is 10.1 Å². The molecule has 0 atom stereocenters. The van der Waals surface area contributed by atoms with Gasteiger partial charge in [-0.15, -0.1) is 5.10 Å². The van der Waals surface area contributed by atoms with Gasteiger partial charge in [-0.05, 0) is 53.4 Å². The van der Waals surface area contributed by atoms with Crippen molar-refractivity contribution in [3.05, 3.63) is 39.5 Å². The van der Waals surface area contributed by atoms with Crippen LogP contribution in [0.25, 0.3) is 11.0 Å². The lowest BCUT2D eigenvalue weighted by atomic mass is 9.97. The van der Waals surface area contributed by atoms with Crippen molar-refractivity contribution in [1.82, 2.24) is 20.0 Å². The summed E-state index contributed by atoms with van der Waals surface area (Å²) < 4.78 is 8.38. The molecule has 7 nitrogen and oxygen atoms in total. The number of aromatic nitrogens is 4. The summed E-state index contributed by atoms with van der Waals surface area (Å²) in [6.45, 7) is 10.3. The van der Waals surface area contributed by atoms with Gasteiger partial charge in [-0.1, -0.05) is 26.0 Å². The Morgan fingerprint density at radius 3 is 2.68 bits per heavy atom. The molecule has 3 rings (SSSR count). The zero-order valence-electron chi connectivity index (χ0n) is 16.4. The predicted octanol–water partition coefficient (Wildman–Crippen LogP) is 4.81. The Kier molecular flexibility index (Phi) is 5.22. The third kappa shape index (κ3) is 3.90. The number of ketones is 1. The van der Waals surface area contributed by atoms with E-state index < -0.39 is 0 Å². The van der Waals surface area contributed by atoms with Gasteiger partial charge in [0, 0.05) is 12.1 Å². The third-order valence-electron chi connectivity index (χ3n) is 4.10. The maximum Gasteiger partial charge on any atom is 0.237 e. The zero-order chi connectivity index (χ0) is 20.6. The van der Waals surface area contributed by atoms with E-state index in [2.05, 4.69) is 52.0 Å². The number of rotatable bonds is 4. The van der Waals surface area contributed by atoms with Crippen molar-refractivity contribution in [2.24, 2.45) is 5.41 Å². The molecular formula is C20H20BrN5O2. The number of hydrogen-bond donors (Lipinski definition) is 0. The first-order valence-electron chi connectivity index (χ1n) is 8.73. The van der Waals surface area contributed by atoms with Crippen LogP contribution >= 0.6 is 15.9 Å². The summed E-state index contributed by atoms with van der Waals surface area (Å²) in [6, 6.07) is 7.21. The van der Waals surface area contributed by atoms with Gasteiger partial charge in [0.2, 0.25) is 5.88 Å². The van der Waals surface area contributed by atoms with Gasteiger partial charge in [-0.3, -0.25) is 4.79 Å². The Bertz CT molecular complexity index is 1120. The summed E-state index contributed by atoms with van der Waals surface area (Å²) in [4.78, 5) is 16.0. The Morgan fingerprint density at radius 1 is 1.36 bits per heavy atom. The fourth-order valence-electron chi connectivity index (χ4n) is 2.83. The fraction of sp³-hybridized carbons (Fsp3) is 0.350. The first kappa shape index (κ1) is 20.0. The molecule has 0 fully saturated rings. The second-order valence-corrected chi connectivity index (χ2v) is 8.59. The Morgan fingerprint density at radius 2 is 2.07 bits per heavy atom. The smallest absolute Gasteiger partial charge is 0.237 e. The van der Waals surface area contributed by atoms with Gasteiger partial charge < -0.3 is 4.74 Å². The number of hydrogen-bond acceptors (Lipinski definition) is 6. The summed E-state index contributed by atoms with van der Waals surface area (Å²) in [5, 5.41) is 17.9. The van der Waals surface area contributed by atoms with Gasteiger partial charge in [0.25, 0.3) is 0 Å². The number of fused-ring (bicyclic) bond motifs is 1. The SMILES string of the molecule is CC(=O)c1cc(C#N)c(Oc2ccc3c(nnn3CC(C)(C)C)c2Br)nc1C. The van der Waals surface area contributed by atoms with Crippen molar-refractivity contribution < 1.29 is 9.53 Å². The number of aryl methyl sites for hydroxylation is 1. The molecule has 0 amide bonds. The fourth-order valence-corrected chi connectivity index (χ4v) is 3.33. The van der Waals surface area contributed by atoms with Gasteiger partial charge in [-0.25, -0.2) is 9.67 Å². The minimum atomic E-state index is -0.147. The molecule has 28 heavy (non-hydrogen) atoms. The quantitative estimate of drug-likeness (QED) is 0.539. The average molecular weight is 442 g/mol. The van der Waals surface area contributed by atoms with E-state index in [1.807, 2.05) is 16.8 Å². The van der Waals surface area contributed by atoms with Crippen LogP contribution < -0.4 is 4.74 Å². The van der Waals surface area contributed by atoms with Crippen LogP contribution in [-0.4, -0.2) is 25.8 Å². The van der Waals surface area contributed by atoms with Crippen LogP contribution in [0.15, 0.2) is 22.7 Å². The number of benzene rings is 1. The highest BCUT2D eigenvalue weighted by Crippen LogP contribution is 2.36. The Labute approximate surface area is 171 Å². The Hall–Kier alpha value is -2.79. The number of nitriles is 1. The summed E-state index contributed by atoms with van der Waals surface area (Å²) in [5.74, 6) is 0.465. The first-order chi connectivity index (χ1) is 13.1. The molecule has 0 saturated heterocycles. The summed E-state index contributed by atoms with van der Waals surface area (Å²) in [5.41, 5.74) is 2.71. The number of ether oxygens (including phenoxy) is 1. The van der Waals surface area contributed by atoms with E-state index in [-0.39, 0.29) is 22.6 Å². The van der Waals surface area contributed by atoms with E-state index in [0.717, 1.165) is 12.1 Å². The van der Waals surface area contributed by atoms with Crippen LogP contribution in [0.2, 0.25) is 0 Å². The molecule has 8 heteroatoms. The van der Waals surface area contributed by atoms with Crippen molar-refractivity contribution in [3.8, 4) is 17.7 Å². The Balaban J connectivity index is 2.02. The minimum Gasteiger partial charge on any atom is -0.436 e. The maximum atomic E-state index is 11.7. The molecule has 0 aliphatic carbocycles. The summed E-state index contributed by atoms with van der Waals surface area (Å²) in [6.07, 6.45) is 0. The van der Waals surface area contributed by atoms with Crippen LogP contribution in [0.3, 0.4) is 0 Å². The molecule has 2 heterocycles. The predicted molar refractivity (Wildman–Crippen MR) is 108 cm³/mol. The normalized spacial score (nSPS) is 11.5. The van der Waals surface area contributed by atoms with Crippen molar-refractivity contribution in [3.63, 3.8) is 0 Å². The number of carbonyl (C=O) groups is 1. The molecule has 0 radical (unpaired) electrons. The van der Waals surface area contributed by atoms with E-state index >= 15 is 0 Å². The van der Waals surface area contributed by atoms with Gasteiger partial charge in [0.05, 0.1) is 15.7 Å². The second-order valence-electron chi connectivity index (χ2n) is 7.80. The number of Topliss-reactive ketones (excluding diaryl/α,β-unsaturated/α-hetero) is 1. The lowest BCUT2D eigenvalue weighted by Gasteiger charge is -2.18. The van der Waals surface area contributed by atoms with Crippen molar-refractivity contribution >= 4 is 32.7 Å². The van der Waals surface area contributed by atoms with Gasteiger partial charge in [0.15, 0.2) is 5.78 Å². The van der Waals surface area contributed by atoms with Gasteiger partial charge in [-0.2, -0.15) is 5.26 Å². The maximum absolute atomic E-state index is 11.7. The highest BCUT2D eigenvalue weighted by molar-refractivity contribution is 9.10. The summed E-state index contributed by atoms with van der Waals surface area (Å²) >= 11 is 3.53. The zero-order valence-corrected chi connectivity index (χ0v) is 18.0. The molecule has 2 aromatic heterocycles. The van der Waals surface area contributed by atoms with Gasteiger partial charge >= 0.3 is 0 Å². The average Bonchev–Trinajstić information content (AvgIpc) is 2.99. The molecule has 0 unspecified atom stereocenters. The number of halogens is 1. The van der Waals surface area contributed by atoms with Crippen molar-refractivity contribution in [1.29, 1.82) is 5.26 Å². The van der Waals surface area contributed by atoms with E-state index in [1.165, 1.54) is 13.0 Å². The van der Waals surface area contributed by atoms with Crippen LogP contribution in [0.5, 0.6) is 11.6 Å². The van der Waals surface area contributed by atoms with Crippen LogP contribution in [0.1, 0.15) is 49.3 Å². The molecule has 0 N–H and O–H groups in total. The van der Waals surface area contributed by atoms with Crippen LogP contribution in [0.4, 0.5) is 0 Å². The van der Waals surface area contributed by atoms with Crippen LogP contribution in [-0.2, 0) is 6.54 Å². The lowest BCUT2D eigenvalue weighted by Crippen LogP contribution is -2.16. The lowest BCUT2D eigenvalue weighted by molar-refractivity contribution is 0.101. The minimum absolute atomic E-state index is 0.0594. The topological polar surface area (TPSA) is 93.7 Å². The molecule has 1 aromatic carbocycles. The number of pyridine rings is 1. The summed E-state index contributed by atoms with van der Waals surface area (Å²) in [7, 11) is 0. The number of nitrogens with zero attached hydrogens (tertiary/aromatic N) is 5. The highest BCUT2D eigenvalue weighted by Gasteiger charge is 2.19. The van der Waals surface area contributed by atoms with Crippen molar-refractivity contribution in [2.75, 3.05) is 0 Å². The van der Waals surface area contributed by atoms with E-state index in [1.54, 1.807) is 13.0 Å². The first-order valence-corrected chi connectivity index (χ1v) is 9.52. The molecule has 0 aliphatic heterocycles. The van der Waals surface area contributed by atoms with Gasteiger partial charge in [0.1, 0.15) is 22.9 Å². The molecule has 3 aromatic rings. The molecule has 0 saturated carbocycles. The second kappa shape index (κ2) is 7.32. The molecular weight excluding hydrogens is 422 g/mol. The standard InChI is InChI=1S/C20H20BrN5O2/c1-11-14(12(2)27)8-13(9-22)19(23-11)28-16-7-6-15-18(17(16)21)24-25-26(15)10-20(3,4)5/h6-8H,10H2,1-5H3. The van der Waals surface area contributed by atoms with E-state index in [0.29, 0.717) is 27.0 Å². The van der Waals surface area contributed by atoms with Crippen molar-refractivity contribution in [2.45, 2.75) is 41.2 Å². The number of carbonyl (C=O) groups excluding carboxylic acids is 1. The highest BCUT2D eigenvalue weighted by atomic mass is 79.9. The van der Waals surface area contributed by atoms with Crippen LogP contribution in [0, 0.1) is 23.7 Å². The third-order valence-corrected chi connectivity index (χ3v) is 4.87. The largest absolute Gasteiger partial charge is 0.436 e. The molecule has 0 bridgehead atoms.